The van der Waals surface area contributed by atoms with Crippen LogP contribution >= 0.6 is 0 Å². The van der Waals surface area contributed by atoms with Gasteiger partial charge in [0.1, 0.15) is 0 Å². The Morgan fingerprint density at radius 3 is 3.00 bits per heavy atom. The standard InChI is InChI=1S/C9H17NO3S/c1-7-4-10-8-6-14(11,12)3-2-9(8)13-5-7/h7-10H,2-6H2,1H3. The number of fused-ring (bicyclic) bond motifs is 1. The maximum Gasteiger partial charge on any atom is 0.152 e. The number of nitrogens with one attached hydrogen (secondary N) is 1. The second-order valence-electron chi connectivity index (χ2n) is 4.39. The molecule has 0 bridgehead atoms. The Labute approximate surface area is 84.9 Å². The monoisotopic (exact) mass is 219 g/mol. The van der Waals surface area contributed by atoms with E-state index in [1.54, 1.807) is 0 Å². The van der Waals surface area contributed by atoms with Crippen molar-refractivity contribution in [2.45, 2.75) is 25.5 Å². The summed E-state index contributed by atoms with van der Waals surface area (Å²) in [6.45, 7) is 3.71. The van der Waals surface area contributed by atoms with E-state index < -0.39 is 9.84 Å². The van der Waals surface area contributed by atoms with Crippen LogP contribution in [-0.4, -0.2) is 45.2 Å². The molecule has 2 heterocycles. The average Bonchev–Trinajstić information content (AvgIpc) is 2.27. The number of hydrogen-bond acceptors (Lipinski definition) is 4. The van der Waals surface area contributed by atoms with Gasteiger partial charge < -0.3 is 10.1 Å². The Kier molecular flexibility index (Phi) is 2.81. The lowest BCUT2D eigenvalue weighted by molar-refractivity contribution is 0.0312. The predicted molar refractivity (Wildman–Crippen MR) is 54.0 cm³/mol. The van der Waals surface area contributed by atoms with Gasteiger partial charge in [0.05, 0.1) is 24.2 Å². The van der Waals surface area contributed by atoms with Crippen molar-refractivity contribution in [3.63, 3.8) is 0 Å². The topological polar surface area (TPSA) is 55.4 Å². The van der Waals surface area contributed by atoms with Crippen LogP contribution in [0.15, 0.2) is 0 Å². The Bertz CT molecular complexity index is 301. The Morgan fingerprint density at radius 2 is 2.21 bits per heavy atom. The van der Waals surface area contributed by atoms with E-state index in [1.165, 1.54) is 0 Å². The molecule has 3 atom stereocenters. The summed E-state index contributed by atoms with van der Waals surface area (Å²) in [6, 6.07) is 0.0127. The van der Waals surface area contributed by atoms with Gasteiger partial charge in [0.2, 0.25) is 0 Å². The summed E-state index contributed by atoms with van der Waals surface area (Å²) in [7, 11) is -2.83. The lowest BCUT2D eigenvalue weighted by Gasteiger charge is -2.29. The van der Waals surface area contributed by atoms with Crippen LogP contribution < -0.4 is 5.32 Å². The third kappa shape index (κ3) is 2.27. The fraction of sp³-hybridized carbons (Fsp3) is 1.00. The van der Waals surface area contributed by atoms with E-state index in [-0.39, 0.29) is 23.7 Å². The van der Waals surface area contributed by atoms with Crippen LogP contribution in [0.1, 0.15) is 13.3 Å². The summed E-state index contributed by atoms with van der Waals surface area (Å²) in [5.74, 6) is 0.998. The van der Waals surface area contributed by atoms with Gasteiger partial charge >= 0.3 is 0 Å². The highest BCUT2D eigenvalue weighted by Crippen LogP contribution is 2.19. The van der Waals surface area contributed by atoms with E-state index in [0.29, 0.717) is 12.3 Å². The summed E-state index contributed by atoms with van der Waals surface area (Å²) in [5, 5.41) is 3.28. The van der Waals surface area contributed by atoms with E-state index >= 15 is 0 Å². The smallest absolute Gasteiger partial charge is 0.152 e. The highest BCUT2D eigenvalue weighted by molar-refractivity contribution is 7.91. The zero-order chi connectivity index (χ0) is 10.2. The Balaban J connectivity index is 2.07. The normalized spacial score (nSPS) is 42.5. The summed E-state index contributed by atoms with van der Waals surface area (Å²) >= 11 is 0. The van der Waals surface area contributed by atoms with Crippen LogP contribution in [0.3, 0.4) is 0 Å². The molecule has 5 heteroatoms. The minimum absolute atomic E-state index is 0.0127. The van der Waals surface area contributed by atoms with Crippen LogP contribution in [0.2, 0.25) is 0 Å². The first-order valence-corrected chi connectivity index (χ1v) is 6.94. The van der Waals surface area contributed by atoms with Crippen LogP contribution in [0.25, 0.3) is 0 Å². The first-order valence-electron chi connectivity index (χ1n) is 5.12. The number of ether oxygens (including phenoxy) is 1. The van der Waals surface area contributed by atoms with Crippen molar-refractivity contribution in [3.8, 4) is 0 Å². The summed E-state index contributed by atoms with van der Waals surface area (Å²) in [6.07, 6.45) is 0.746. The lowest BCUT2D eigenvalue weighted by Crippen LogP contribution is -2.49. The highest BCUT2D eigenvalue weighted by atomic mass is 32.2. The summed E-state index contributed by atoms with van der Waals surface area (Å²) in [5.41, 5.74) is 0. The maximum absolute atomic E-state index is 11.4. The number of sulfone groups is 1. The summed E-state index contributed by atoms with van der Waals surface area (Å²) in [4.78, 5) is 0. The van der Waals surface area contributed by atoms with Crippen molar-refractivity contribution in [3.05, 3.63) is 0 Å². The molecule has 14 heavy (non-hydrogen) atoms. The molecule has 1 N–H and O–H groups in total. The first-order chi connectivity index (χ1) is 6.57. The second kappa shape index (κ2) is 3.79. The molecule has 0 aliphatic carbocycles. The predicted octanol–water partition coefficient (Wildman–Crippen LogP) is -0.202. The molecule has 2 saturated heterocycles. The molecule has 2 fully saturated rings. The van der Waals surface area contributed by atoms with Crippen LogP contribution in [0.4, 0.5) is 0 Å². The van der Waals surface area contributed by atoms with Crippen molar-refractivity contribution in [2.75, 3.05) is 24.7 Å². The summed E-state index contributed by atoms with van der Waals surface area (Å²) < 4.78 is 28.5. The van der Waals surface area contributed by atoms with Gasteiger partial charge in [0, 0.05) is 12.6 Å². The molecule has 0 aromatic rings. The highest BCUT2D eigenvalue weighted by Gasteiger charge is 2.35. The van der Waals surface area contributed by atoms with Gasteiger partial charge in [-0.1, -0.05) is 6.92 Å². The molecule has 4 nitrogen and oxygen atoms in total. The molecule has 0 aromatic carbocycles. The van der Waals surface area contributed by atoms with Crippen LogP contribution in [0.5, 0.6) is 0 Å². The molecule has 0 radical (unpaired) electrons. The van der Waals surface area contributed by atoms with E-state index in [9.17, 15) is 8.42 Å². The Morgan fingerprint density at radius 1 is 1.43 bits per heavy atom. The van der Waals surface area contributed by atoms with Gasteiger partial charge in [-0.05, 0) is 12.3 Å². The average molecular weight is 219 g/mol. The zero-order valence-electron chi connectivity index (χ0n) is 8.40. The zero-order valence-corrected chi connectivity index (χ0v) is 9.22. The van der Waals surface area contributed by atoms with Gasteiger partial charge in [-0.15, -0.1) is 0 Å². The molecule has 0 spiro atoms. The molecular weight excluding hydrogens is 202 g/mol. The largest absolute Gasteiger partial charge is 0.376 e. The minimum atomic E-state index is -2.83. The van der Waals surface area contributed by atoms with Gasteiger partial charge in [0.15, 0.2) is 9.84 Å². The number of hydrogen-bond donors (Lipinski definition) is 1. The maximum atomic E-state index is 11.4. The van der Waals surface area contributed by atoms with Crippen molar-refractivity contribution in [2.24, 2.45) is 5.92 Å². The third-order valence-electron chi connectivity index (χ3n) is 2.92. The van der Waals surface area contributed by atoms with Crippen molar-refractivity contribution in [1.82, 2.24) is 5.32 Å². The number of rotatable bonds is 0. The van der Waals surface area contributed by atoms with E-state index in [4.69, 9.17) is 4.74 Å². The SMILES string of the molecule is CC1CNC2CS(=O)(=O)CCC2OC1. The van der Waals surface area contributed by atoms with Gasteiger partial charge in [-0.3, -0.25) is 0 Å². The molecule has 2 aliphatic rings. The van der Waals surface area contributed by atoms with Crippen LogP contribution in [0, 0.1) is 5.92 Å². The molecule has 0 amide bonds. The van der Waals surface area contributed by atoms with E-state index in [2.05, 4.69) is 12.2 Å². The third-order valence-corrected chi connectivity index (χ3v) is 4.64. The molecule has 0 aromatic heterocycles. The Hall–Kier alpha value is -0.130. The molecular formula is C9H17NO3S. The van der Waals surface area contributed by atoms with Crippen molar-refractivity contribution >= 4 is 9.84 Å². The first kappa shape index (κ1) is 10.4. The second-order valence-corrected chi connectivity index (χ2v) is 6.62. The molecule has 2 aliphatic heterocycles. The molecule has 2 rings (SSSR count). The molecule has 0 saturated carbocycles. The quantitative estimate of drug-likeness (QED) is 0.613. The van der Waals surface area contributed by atoms with Gasteiger partial charge in [-0.2, -0.15) is 0 Å². The van der Waals surface area contributed by atoms with Gasteiger partial charge in [-0.25, -0.2) is 8.42 Å². The minimum Gasteiger partial charge on any atom is -0.376 e. The molecule has 82 valence electrons. The van der Waals surface area contributed by atoms with Crippen molar-refractivity contribution in [1.29, 1.82) is 0 Å². The fourth-order valence-electron chi connectivity index (χ4n) is 2.05. The van der Waals surface area contributed by atoms with Crippen molar-refractivity contribution < 1.29 is 13.2 Å². The van der Waals surface area contributed by atoms with Gasteiger partial charge in [0.25, 0.3) is 0 Å². The van der Waals surface area contributed by atoms with E-state index in [1.807, 2.05) is 0 Å². The lowest BCUT2D eigenvalue weighted by atomic mass is 10.1. The van der Waals surface area contributed by atoms with Crippen LogP contribution in [-0.2, 0) is 14.6 Å². The fourth-order valence-corrected chi connectivity index (χ4v) is 3.69. The van der Waals surface area contributed by atoms with E-state index in [0.717, 1.165) is 13.2 Å². The molecule has 3 unspecified atom stereocenters.